The Balaban J connectivity index is 2.11. The van der Waals surface area contributed by atoms with Crippen LogP contribution in [0, 0.1) is 16.3 Å². The van der Waals surface area contributed by atoms with E-state index in [-0.39, 0.29) is 6.54 Å². The van der Waals surface area contributed by atoms with Crippen LogP contribution in [0.4, 0.5) is 0 Å². The zero-order valence-electron chi connectivity index (χ0n) is 8.20. The normalized spacial score (nSPS) is 27.5. The summed E-state index contributed by atoms with van der Waals surface area (Å²) in [5, 5.41) is 21.9. The van der Waals surface area contributed by atoms with Crippen LogP contribution in [0.25, 0.3) is 0 Å². The standard InChI is InChI=1S/C9H18NO2S/c1-2-3-4-5-9-6-7-10(11,12)13-8-9/h9H,2-8H2,1H3/q-1. The van der Waals surface area contributed by atoms with Crippen LogP contribution in [-0.2, 0) is 0 Å². The van der Waals surface area contributed by atoms with E-state index >= 15 is 0 Å². The molecule has 1 rings (SSSR count). The SMILES string of the molecule is CCCCCC1CC[N+]([O-])([O-])SC1. The third-order valence-corrected chi connectivity index (χ3v) is 3.73. The highest BCUT2D eigenvalue weighted by molar-refractivity contribution is 7.93. The average molecular weight is 204 g/mol. The van der Waals surface area contributed by atoms with Gasteiger partial charge in [-0.1, -0.05) is 26.2 Å². The van der Waals surface area contributed by atoms with Crippen LogP contribution >= 0.6 is 11.9 Å². The number of nitrogens with zero attached hydrogens (tertiary/aromatic N) is 1. The van der Waals surface area contributed by atoms with E-state index < -0.39 is 4.21 Å². The van der Waals surface area contributed by atoms with E-state index in [1.54, 1.807) is 0 Å². The van der Waals surface area contributed by atoms with Gasteiger partial charge in [-0.25, -0.2) is 0 Å². The van der Waals surface area contributed by atoms with Gasteiger partial charge in [0.15, 0.2) is 0 Å². The number of rotatable bonds is 4. The second kappa shape index (κ2) is 5.20. The summed E-state index contributed by atoms with van der Waals surface area (Å²) in [6.07, 6.45) is 5.78. The Morgan fingerprint density at radius 2 is 2.15 bits per heavy atom. The van der Waals surface area contributed by atoms with Gasteiger partial charge in [0.2, 0.25) is 0 Å². The number of hydrogen-bond donors (Lipinski definition) is 0. The molecule has 1 aliphatic rings. The summed E-state index contributed by atoms with van der Waals surface area (Å²) < 4.78 is -1.33. The van der Waals surface area contributed by atoms with Gasteiger partial charge < -0.3 is 14.6 Å². The van der Waals surface area contributed by atoms with Crippen LogP contribution in [0.5, 0.6) is 0 Å². The molecule has 0 N–H and O–H groups in total. The Labute approximate surface area is 84.4 Å². The van der Waals surface area contributed by atoms with Crippen LogP contribution in [0.2, 0.25) is 0 Å². The Hall–Kier alpha value is 0.230. The maximum Gasteiger partial charge on any atom is 0.0890 e. The molecule has 0 bridgehead atoms. The molecule has 0 aromatic heterocycles. The monoisotopic (exact) mass is 204 g/mol. The predicted octanol–water partition coefficient (Wildman–Crippen LogP) is 3.05. The van der Waals surface area contributed by atoms with Crippen LogP contribution in [0.1, 0.15) is 39.0 Å². The van der Waals surface area contributed by atoms with Gasteiger partial charge in [-0.3, -0.25) is 0 Å². The smallest absolute Gasteiger partial charge is 0.0890 e. The minimum atomic E-state index is -1.33. The molecule has 0 aromatic rings. The van der Waals surface area contributed by atoms with Gasteiger partial charge in [0.1, 0.15) is 0 Å². The molecule has 4 heteroatoms. The number of hydrogen-bond acceptors (Lipinski definition) is 3. The van der Waals surface area contributed by atoms with Crippen molar-refractivity contribution in [3.63, 3.8) is 0 Å². The highest BCUT2D eigenvalue weighted by atomic mass is 32.2. The third-order valence-electron chi connectivity index (χ3n) is 2.53. The maximum atomic E-state index is 10.9. The van der Waals surface area contributed by atoms with E-state index in [1.807, 2.05) is 0 Å². The molecule has 1 aliphatic heterocycles. The first-order chi connectivity index (χ1) is 6.14. The van der Waals surface area contributed by atoms with Gasteiger partial charge in [-0.05, 0) is 12.3 Å². The van der Waals surface area contributed by atoms with E-state index in [2.05, 4.69) is 6.92 Å². The van der Waals surface area contributed by atoms with Crippen molar-refractivity contribution in [2.45, 2.75) is 39.0 Å². The second-order valence-corrected chi connectivity index (χ2v) is 4.93. The molecule has 0 aromatic carbocycles. The first-order valence-electron chi connectivity index (χ1n) is 5.08. The van der Waals surface area contributed by atoms with Crippen LogP contribution < -0.4 is 0 Å². The average Bonchev–Trinajstić information content (AvgIpc) is 2.08. The molecule has 78 valence electrons. The number of hydroxylamine groups is 2. The molecule has 0 saturated carbocycles. The zero-order valence-corrected chi connectivity index (χ0v) is 9.02. The summed E-state index contributed by atoms with van der Waals surface area (Å²) >= 11 is 1.01. The third kappa shape index (κ3) is 4.31. The molecule has 0 radical (unpaired) electrons. The lowest BCUT2D eigenvalue weighted by atomic mass is 10.00. The summed E-state index contributed by atoms with van der Waals surface area (Å²) in [7, 11) is 0. The summed E-state index contributed by atoms with van der Waals surface area (Å²) in [6, 6.07) is 0. The Morgan fingerprint density at radius 1 is 1.38 bits per heavy atom. The van der Waals surface area contributed by atoms with Gasteiger partial charge in [0.05, 0.1) is 24.2 Å². The molecular formula is C9H18NO2S-. The van der Waals surface area contributed by atoms with Gasteiger partial charge in [-0.2, -0.15) is 0 Å². The molecule has 0 spiro atoms. The van der Waals surface area contributed by atoms with Crippen LogP contribution in [0.15, 0.2) is 0 Å². The molecular weight excluding hydrogens is 186 g/mol. The molecule has 3 nitrogen and oxygen atoms in total. The van der Waals surface area contributed by atoms with E-state index in [4.69, 9.17) is 0 Å². The lowest BCUT2D eigenvalue weighted by Crippen LogP contribution is -2.35. The lowest BCUT2D eigenvalue weighted by Gasteiger charge is -2.48. The fourth-order valence-corrected chi connectivity index (χ4v) is 2.62. The van der Waals surface area contributed by atoms with Gasteiger partial charge in [0.25, 0.3) is 0 Å². The summed E-state index contributed by atoms with van der Waals surface area (Å²) in [5.41, 5.74) is 0. The van der Waals surface area contributed by atoms with E-state index in [0.717, 1.165) is 24.1 Å². The summed E-state index contributed by atoms with van der Waals surface area (Å²) in [5.74, 6) is 1.38. The summed E-state index contributed by atoms with van der Waals surface area (Å²) in [6.45, 7) is 2.44. The zero-order chi connectivity index (χ0) is 9.73. The lowest BCUT2D eigenvalue weighted by molar-refractivity contribution is -0.686. The molecule has 1 atom stereocenters. The molecule has 1 fully saturated rings. The van der Waals surface area contributed by atoms with Crippen LogP contribution in [-0.4, -0.2) is 16.5 Å². The Morgan fingerprint density at radius 3 is 2.69 bits per heavy atom. The first kappa shape index (κ1) is 11.3. The van der Waals surface area contributed by atoms with Crippen molar-refractivity contribution < 1.29 is 4.21 Å². The van der Waals surface area contributed by atoms with Crippen LogP contribution in [0.3, 0.4) is 0 Å². The fourth-order valence-electron chi connectivity index (χ4n) is 1.62. The van der Waals surface area contributed by atoms with Crippen molar-refractivity contribution in [2.75, 3.05) is 12.3 Å². The summed E-state index contributed by atoms with van der Waals surface area (Å²) in [4.78, 5) is 0. The second-order valence-electron chi connectivity index (χ2n) is 3.78. The van der Waals surface area contributed by atoms with Crippen molar-refractivity contribution in [2.24, 2.45) is 5.92 Å². The largest absolute Gasteiger partial charge is 0.619 e. The Kier molecular flexibility index (Phi) is 4.52. The minimum Gasteiger partial charge on any atom is -0.619 e. The highest BCUT2D eigenvalue weighted by Crippen LogP contribution is 2.32. The molecule has 13 heavy (non-hydrogen) atoms. The maximum absolute atomic E-state index is 10.9. The Bertz CT molecular complexity index is 143. The molecule has 1 heterocycles. The van der Waals surface area contributed by atoms with Gasteiger partial charge >= 0.3 is 0 Å². The number of unbranched alkanes of at least 4 members (excludes halogenated alkanes) is 2. The van der Waals surface area contributed by atoms with E-state index in [0.29, 0.717) is 5.92 Å². The van der Waals surface area contributed by atoms with E-state index in [1.165, 1.54) is 25.7 Å². The minimum absolute atomic E-state index is 0.251. The molecule has 0 aliphatic carbocycles. The topological polar surface area (TPSA) is 46.1 Å². The first-order valence-corrected chi connectivity index (χ1v) is 6.03. The number of quaternary nitrogens is 1. The van der Waals surface area contributed by atoms with Crippen molar-refractivity contribution in [3.8, 4) is 0 Å². The van der Waals surface area contributed by atoms with Crippen molar-refractivity contribution in [1.29, 1.82) is 0 Å². The molecule has 1 unspecified atom stereocenters. The van der Waals surface area contributed by atoms with Gasteiger partial charge in [0, 0.05) is 6.42 Å². The van der Waals surface area contributed by atoms with E-state index in [9.17, 15) is 10.4 Å². The van der Waals surface area contributed by atoms with Crippen molar-refractivity contribution in [1.82, 2.24) is 0 Å². The molecule has 1 saturated heterocycles. The highest BCUT2D eigenvalue weighted by Gasteiger charge is 2.22. The fraction of sp³-hybridized carbons (Fsp3) is 1.00. The quantitative estimate of drug-likeness (QED) is 0.306. The molecule has 0 amide bonds. The predicted molar refractivity (Wildman–Crippen MR) is 56.6 cm³/mol. The van der Waals surface area contributed by atoms with Crippen molar-refractivity contribution >= 4 is 11.9 Å². The van der Waals surface area contributed by atoms with Crippen molar-refractivity contribution in [3.05, 3.63) is 10.4 Å². The van der Waals surface area contributed by atoms with Gasteiger partial charge in [-0.15, -0.1) is 0 Å².